The Morgan fingerprint density at radius 1 is 1.04 bits per heavy atom. The van der Waals surface area contributed by atoms with Crippen molar-refractivity contribution in [2.24, 2.45) is 23.7 Å². The van der Waals surface area contributed by atoms with Gasteiger partial charge in [0, 0.05) is 17.6 Å². The molecule has 0 radical (unpaired) electrons. The third-order valence-electron chi connectivity index (χ3n) is 10.6. The lowest BCUT2D eigenvalue weighted by atomic mass is 9.83. The molecular formula is C35H36F4N4O5. The number of anilines is 1. The molecule has 13 heteroatoms. The first-order valence-electron chi connectivity index (χ1n) is 16.4. The summed E-state index contributed by atoms with van der Waals surface area (Å²) in [5.74, 6) is -3.28. The molecule has 1 heterocycles. The van der Waals surface area contributed by atoms with Crippen molar-refractivity contribution in [3.63, 3.8) is 0 Å². The van der Waals surface area contributed by atoms with Gasteiger partial charge in [0.25, 0.3) is 11.8 Å². The predicted molar refractivity (Wildman–Crippen MR) is 165 cm³/mol. The molecule has 4 saturated carbocycles. The number of alkyl halides is 3. The molecule has 4 aliphatic carbocycles. The molecule has 9 nitrogen and oxygen atoms in total. The molecule has 1 saturated heterocycles. The normalized spacial score (nSPS) is 26.8. The molecule has 5 fully saturated rings. The van der Waals surface area contributed by atoms with Gasteiger partial charge in [0.1, 0.15) is 17.1 Å². The molecule has 4 atom stereocenters. The Morgan fingerprint density at radius 2 is 1.77 bits per heavy atom. The van der Waals surface area contributed by atoms with Crippen LogP contribution in [-0.4, -0.2) is 47.3 Å². The van der Waals surface area contributed by atoms with Gasteiger partial charge in [0.15, 0.2) is 0 Å². The maximum absolute atomic E-state index is 14.0. The molecule has 2 aromatic rings. The van der Waals surface area contributed by atoms with E-state index in [0.717, 1.165) is 43.7 Å². The number of carbonyl (C=O) groups excluding carboxylic acids is 4. The number of hydrogen-bond acceptors (Lipinski definition) is 5. The van der Waals surface area contributed by atoms with E-state index in [1.807, 2.05) is 0 Å². The van der Waals surface area contributed by atoms with Gasteiger partial charge >= 0.3 is 12.2 Å². The first-order chi connectivity index (χ1) is 22.9. The second-order valence-corrected chi connectivity index (χ2v) is 13.6. The Morgan fingerprint density at radius 3 is 2.46 bits per heavy atom. The zero-order valence-electron chi connectivity index (χ0n) is 26.3. The average Bonchev–Trinajstić information content (AvgIpc) is 3.36. The summed E-state index contributed by atoms with van der Waals surface area (Å²) >= 11 is 0. The molecule has 3 N–H and O–H groups in total. The van der Waals surface area contributed by atoms with E-state index in [9.17, 15) is 36.7 Å². The highest BCUT2D eigenvalue weighted by atomic mass is 19.4. The summed E-state index contributed by atoms with van der Waals surface area (Å²) in [7, 11) is 1.41. The van der Waals surface area contributed by atoms with Crippen LogP contribution in [0, 0.1) is 29.5 Å². The summed E-state index contributed by atoms with van der Waals surface area (Å²) in [6.45, 7) is -0.0400. The van der Waals surface area contributed by atoms with Crippen molar-refractivity contribution in [3.8, 4) is 5.75 Å². The van der Waals surface area contributed by atoms with E-state index in [1.165, 1.54) is 12.0 Å². The molecular weight excluding hydrogens is 632 g/mol. The van der Waals surface area contributed by atoms with Gasteiger partial charge in [-0.15, -0.1) is 0 Å². The number of hydrogen-bond donors (Lipinski definition) is 3. The van der Waals surface area contributed by atoms with Gasteiger partial charge in [0.2, 0.25) is 5.91 Å². The number of allylic oxidation sites excluding steroid dienone is 1. The topological polar surface area (TPSA) is 117 Å². The lowest BCUT2D eigenvalue weighted by Gasteiger charge is -2.30. The molecule has 7 rings (SSSR count). The number of fused-ring (bicyclic) bond motifs is 2. The highest BCUT2D eigenvalue weighted by molar-refractivity contribution is 6.07. The Kier molecular flexibility index (Phi) is 7.98. The molecule has 254 valence electrons. The summed E-state index contributed by atoms with van der Waals surface area (Å²) in [6, 6.07) is 6.02. The number of imide groups is 1. The number of benzene rings is 2. The number of halogens is 4. The van der Waals surface area contributed by atoms with Crippen molar-refractivity contribution in [3.05, 3.63) is 70.6 Å². The Hall–Kier alpha value is -4.42. The minimum absolute atomic E-state index is 0.0400. The molecule has 5 amide bonds. The van der Waals surface area contributed by atoms with E-state index < -0.39 is 52.9 Å². The smallest absolute Gasteiger partial charge is 0.419 e. The predicted octanol–water partition coefficient (Wildman–Crippen LogP) is 5.95. The number of urea groups is 1. The fourth-order valence-electron chi connectivity index (χ4n) is 8.19. The molecule has 2 bridgehead atoms. The molecule has 2 unspecified atom stereocenters. The van der Waals surface area contributed by atoms with Crippen LogP contribution in [0.4, 0.5) is 28.0 Å². The van der Waals surface area contributed by atoms with Gasteiger partial charge in [-0.3, -0.25) is 19.3 Å². The number of carbonyl (C=O) groups is 4. The van der Waals surface area contributed by atoms with Crippen LogP contribution in [0.15, 0.2) is 48.0 Å². The van der Waals surface area contributed by atoms with Crippen LogP contribution in [0.3, 0.4) is 0 Å². The first kappa shape index (κ1) is 32.1. The van der Waals surface area contributed by atoms with Crippen molar-refractivity contribution in [2.75, 3.05) is 12.4 Å². The van der Waals surface area contributed by atoms with Crippen molar-refractivity contribution >= 4 is 29.4 Å². The fraction of sp³-hybridized carbons (Fsp3) is 0.486. The Labute approximate surface area is 274 Å². The maximum atomic E-state index is 14.0. The van der Waals surface area contributed by atoms with Crippen molar-refractivity contribution in [1.29, 1.82) is 0 Å². The van der Waals surface area contributed by atoms with Crippen LogP contribution in [0.1, 0.15) is 72.9 Å². The van der Waals surface area contributed by atoms with Crippen LogP contribution >= 0.6 is 0 Å². The Balaban J connectivity index is 1.14. The zero-order valence-corrected chi connectivity index (χ0v) is 26.3. The van der Waals surface area contributed by atoms with Crippen LogP contribution in [-0.2, 0) is 22.3 Å². The summed E-state index contributed by atoms with van der Waals surface area (Å²) in [5.41, 5.74) is -0.768. The van der Waals surface area contributed by atoms with E-state index >= 15 is 0 Å². The lowest BCUT2D eigenvalue weighted by molar-refractivity contribution is -0.140. The van der Waals surface area contributed by atoms with Gasteiger partial charge in [-0.25, -0.2) is 9.18 Å². The zero-order chi connectivity index (χ0) is 34.0. The van der Waals surface area contributed by atoms with Crippen molar-refractivity contribution < 1.29 is 41.5 Å². The SMILES string of the molecule is COc1ccc(CN2C(=O)NC3(CCCC3)C2=O)cc1C(=O)N[C@@H]1C2CCC(/C2=C/C2CC2)[C@@H]1C(=O)Nc1ccc(F)c(C(F)(F)F)c1. The number of ether oxygens (including phenoxy) is 1. The summed E-state index contributed by atoms with van der Waals surface area (Å²) in [4.78, 5) is 55.0. The number of nitrogens with zero attached hydrogens (tertiary/aromatic N) is 1. The van der Waals surface area contributed by atoms with Crippen molar-refractivity contribution in [1.82, 2.24) is 15.5 Å². The highest BCUT2D eigenvalue weighted by Crippen LogP contribution is 2.54. The molecule has 2 aromatic carbocycles. The fourth-order valence-corrected chi connectivity index (χ4v) is 8.19. The van der Waals surface area contributed by atoms with Crippen LogP contribution in [0.25, 0.3) is 0 Å². The number of nitrogens with one attached hydrogen (secondary N) is 3. The second kappa shape index (κ2) is 11.9. The summed E-state index contributed by atoms with van der Waals surface area (Å²) in [5, 5.41) is 8.46. The molecule has 1 spiro atoms. The molecule has 0 aromatic heterocycles. The molecule has 5 aliphatic rings. The van der Waals surface area contributed by atoms with Gasteiger partial charge in [-0.05, 0) is 86.3 Å². The van der Waals surface area contributed by atoms with Gasteiger partial charge in [-0.1, -0.05) is 30.6 Å². The quantitative estimate of drug-likeness (QED) is 0.183. The summed E-state index contributed by atoms with van der Waals surface area (Å²) in [6.07, 6.45) is 3.63. The second-order valence-electron chi connectivity index (χ2n) is 13.6. The highest BCUT2D eigenvalue weighted by Gasteiger charge is 2.55. The number of rotatable bonds is 8. The maximum Gasteiger partial charge on any atom is 0.419 e. The van der Waals surface area contributed by atoms with Crippen LogP contribution < -0.4 is 20.7 Å². The molecule has 48 heavy (non-hydrogen) atoms. The standard InChI is InChI=1S/C35H36F4N4O5/c1-48-27-11-6-19(17-43-32(46)34(42-33(43)47)12-2-3-13-34)15-24(27)30(44)41-29-22-9-8-21(23(22)14-18-4-5-18)28(29)31(45)40-20-7-10-26(36)25(16-20)35(37,38)39/h6-7,10-11,14-16,18,21-22,28-29H,2-5,8-9,12-13,17H2,1H3,(H,40,45)(H,41,44)(H,42,47)/b23-14-/t21?,22?,28-,29+/m0/s1. The van der Waals surface area contributed by atoms with E-state index in [0.29, 0.717) is 42.9 Å². The third-order valence-corrected chi connectivity index (χ3v) is 10.6. The van der Waals surface area contributed by atoms with Crippen molar-refractivity contribution in [2.45, 2.75) is 75.7 Å². The average molecular weight is 669 g/mol. The van der Waals surface area contributed by atoms with Crippen LogP contribution in [0.5, 0.6) is 5.75 Å². The minimum atomic E-state index is -4.94. The number of methoxy groups -OCH3 is 1. The van der Waals surface area contributed by atoms with E-state index in [4.69, 9.17) is 4.74 Å². The third kappa shape index (κ3) is 5.70. The van der Waals surface area contributed by atoms with Gasteiger partial charge in [0.05, 0.1) is 30.7 Å². The largest absolute Gasteiger partial charge is 0.496 e. The van der Waals surface area contributed by atoms with E-state index in [-0.39, 0.29) is 41.3 Å². The van der Waals surface area contributed by atoms with E-state index in [1.54, 1.807) is 18.2 Å². The summed E-state index contributed by atoms with van der Waals surface area (Å²) < 4.78 is 59.6. The molecule has 1 aliphatic heterocycles. The first-order valence-corrected chi connectivity index (χ1v) is 16.4. The lowest BCUT2D eigenvalue weighted by Crippen LogP contribution is -2.48. The minimum Gasteiger partial charge on any atom is -0.496 e. The number of amides is 5. The van der Waals surface area contributed by atoms with Gasteiger partial charge in [-0.2, -0.15) is 13.2 Å². The Bertz CT molecular complexity index is 1710. The van der Waals surface area contributed by atoms with Crippen LogP contribution in [0.2, 0.25) is 0 Å². The van der Waals surface area contributed by atoms with Gasteiger partial charge < -0.3 is 20.7 Å². The van der Waals surface area contributed by atoms with E-state index in [2.05, 4.69) is 22.0 Å². The monoisotopic (exact) mass is 668 g/mol.